The number of thiophene rings is 1. The van der Waals surface area contributed by atoms with Gasteiger partial charge < -0.3 is 0 Å². The van der Waals surface area contributed by atoms with E-state index >= 15 is 0 Å². The first-order valence-corrected chi connectivity index (χ1v) is 3.14. The van der Waals surface area contributed by atoms with Crippen LogP contribution in [0.1, 0.15) is 0 Å². The van der Waals surface area contributed by atoms with E-state index in [1.165, 1.54) is 7.10 Å². The minimum absolute atomic E-state index is 1.40. The van der Waals surface area contributed by atoms with Crippen LogP contribution in [-0.2, 0) is 0 Å². The van der Waals surface area contributed by atoms with Crippen LogP contribution in [0.3, 0.4) is 0 Å². The van der Waals surface area contributed by atoms with Crippen LogP contribution >= 0.6 is 11.3 Å². The first-order chi connectivity index (χ1) is 3.29. The van der Waals surface area contributed by atoms with Gasteiger partial charge in [0.1, 0.15) is 0 Å². The van der Waals surface area contributed by atoms with Gasteiger partial charge in [-0.3, -0.25) is 0 Å². The second-order valence-electron chi connectivity index (χ2n) is 1.66. The van der Waals surface area contributed by atoms with E-state index in [9.17, 15) is 0 Å². The molecule has 0 bridgehead atoms. The van der Waals surface area contributed by atoms with Gasteiger partial charge in [-0.05, 0) is 0 Å². The Morgan fingerprint density at radius 1 is 1.14 bits per heavy atom. The molecule has 0 aliphatic rings. The van der Waals surface area contributed by atoms with Gasteiger partial charge in [0.25, 0.3) is 0 Å². The summed E-state index contributed by atoms with van der Waals surface area (Å²) in [6.07, 6.45) is 0. The van der Waals surface area contributed by atoms with Crippen molar-refractivity contribution in [2.75, 3.05) is 0 Å². The minimum atomic E-state index is 1.40. The molecule has 1 aromatic rings. The monoisotopic (exact) mass is 96.0 g/mol. The average Bonchev–Trinajstić information content (AvgIpc) is 1.87. The van der Waals surface area contributed by atoms with Gasteiger partial charge in [-0.1, -0.05) is 0 Å². The van der Waals surface area contributed by atoms with Crippen molar-refractivity contribution >= 4 is 53.9 Å². The van der Waals surface area contributed by atoms with E-state index in [2.05, 4.69) is 47.6 Å². The molecule has 1 heterocycles. The van der Waals surface area contributed by atoms with Crippen molar-refractivity contribution in [2.24, 2.45) is 0 Å². The van der Waals surface area contributed by atoms with Gasteiger partial charge in [-0.15, -0.1) is 0 Å². The molecule has 1 aromatic heterocycles. The molecule has 0 radical (unpaired) electrons. The zero-order chi connectivity index (χ0) is 5.28. The molecule has 1 rings (SSSR count). The fourth-order valence-electron chi connectivity index (χ4n) is 0.557. The van der Waals surface area contributed by atoms with E-state index in [1.807, 2.05) is 11.3 Å². The maximum absolute atomic E-state index is 2.14. The Hall–Kier alpha value is 0.895. The SMILES string of the molecule is [Li][c]1cc[c]([Li])s1. The zero-order valence-electron chi connectivity index (χ0n) is 4.56. The third kappa shape index (κ3) is 1.69. The summed E-state index contributed by atoms with van der Waals surface area (Å²) in [7, 11) is 0. The van der Waals surface area contributed by atoms with Crippen LogP contribution in [0.2, 0.25) is 0 Å². The summed E-state index contributed by atoms with van der Waals surface area (Å²) < 4.78 is 2.80. The molecule has 0 nitrogen and oxygen atoms in total. The average molecular weight is 96.0 g/mol. The van der Waals surface area contributed by atoms with Gasteiger partial charge in [0.15, 0.2) is 0 Å². The standard InChI is InChI=1S/C4H2S.2Li/c1-2-4-5-3-1;;/h1-2H;;. The number of hydrogen-bond acceptors (Lipinski definition) is 1. The van der Waals surface area contributed by atoms with E-state index in [0.717, 1.165) is 0 Å². The summed E-state index contributed by atoms with van der Waals surface area (Å²) >= 11 is 6.09. The van der Waals surface area contributed by atoms with Gasteiger partial charge >= 0.3 is 66.0 Å². The van der Waals surface area contributed by atoms with Crippen molar-refractivity contribution in [1.82, 2.24) is 0 Å². The normalized spacial score (nSPS) is 9.71. The van der Waals surface area contributed by atoms with Gasteiger partial charge in [-0.25, -0.2) is 0 Å². The Morgan fingerprint density at radius 2 is 1.57 bits per heavy atom. The quantitative estimate of drug-likeness (QED) is 0.376. The summed E-state index contributed by atoms with van der Waals surface area (Å²) in [4.78, 5) is 0. The molecule has 0 aromatic carbocycles. The summed E-state index contributed by atoms with van der Waals surface area (Å²) in [5.41, 5.74) is 0. The van der Waals surface area contributed by atoms with Crippen LogP contribution in [0.15, 0.2) is 12.1 Å². The summed E-state index contributed by atoms with van der Waals surface area (Å²) in [6, 6.07) is 4.28. The molecule has 0 N–H and O–H groups in total. The van der Waals surface area contributed by atoms with E-state index < -0.39 is 0 Å². The van der Waals surface area contributed by atoms with Crippen LogP contribution in [0.4, 0.5) is 0 Å². The first kappa shape index (κ1) is 6.02. The Kier molecular flexibility index (Phi) is 2.10. The summed E-state index contributed by atoms with van der Waals surface area (Å²) in [5.74, 6) is 0. The van der Waals surface area contributed by atoms with Gasteiger partial charge in [0.05, 0.1) is 0 Å². The third-order valence-electron chi connectivity index (χ3n) is 0.875. The van der Waals surface area contributed by atoms with Crippen molar-refractivity contribution in [1.29, 1.82) is 0 Å². The van der Waals surface area contributed by atoms with Gasteiger partial charge in [0, 0.05) is 0 Å². The van der Waals surface area contributed by atoms with E-state index in [-0.39, 0.29) is 0 Å². The van der Waals surface area contributed by atoms with Crippen LogP contribution in [0.5, 0.6) is 0 Å². The van der Waals surface area contributed by atoms with Gasteiger partial charge in [-0.2, -0.15) is 0 Å². The van der Waals surface area contributed by atoms with Crippen LogP contribution in [-0.4, -0.2) is 35.4 Å². The zero-order valence-corrected chi connectivity index (χ0v) is 5.38. The van der Waals surface area contributed by atoms with Crippen molar-refractivity contribution < 1.29 is 0 Å². The van der Waals surface area contributed by atoms with Crippen molar-refractivity contribution in [3.63, 3.8) is 0 Å². The van der Waals surface area contributed by atoms with Crippen LogP contribution < -0.4 is 7.10 Å². The molecule has 0 aliphatic heterocycles. The molecule has 0 saturated heterocycles. The molecule has 7 heavy (non-hydrogen) atoms. The molecular weight excluding hydrogens is 94.0 g/mol. The van der Waals surface area contributed by atoms with Crippen LogP contribution in [0, 0.1) is 0 Å². The fraction of sp³-hybridized carbons (Fsp3) is 0. The number of hydrogen-bond donors (Lipinski definition) is 0. The summed E-state index contributed by atoms with van der Waals surface area (Å²) in [5, 5.41) is 0. The third-order valence-corrected chi connectivity index (χ3v) is 1.79. The van der Waals surface area contributed by atoms with Crippen molar-refractivity contribution in [3.05, 3.63) is 12.1 Å². The topological polar surface area (TPSA) is 0 Å². The second kappa shape index (κ2) is 2.45. The molecule has 0 unspecified atom stereocenters. The van der Waals surface area contributed by atoms with Crippen molar-refractivity contribution in [2.45, 2.75) is 0 Å². The predicted molar refractivity (Wildman–Crippen MR) is 35.1 cm³/mol. The molecule has 0 spiro atoms. The Bertz CT molecular complexity index is 142. The molecule has 0 aliphatic carbocycles. The Balaban J connectivity index is 3.04. The molecule has 3 heteroatoms. The molecule has 0 atom stereocenters. The molecular formula is C4H2Li2S. The second-order valence-corrected chi connectivity index (χ2v) is 3.15. The predicted octanol–water partition coefficient (Wildman–Crippen LogP) is -0.664. The molecule has 0 saturated carbocycles. The Labute approximate surface area is 65.7 Å². The Morgan fingerprint density at radius 3 is 1.71 bits per heavy atom. The van der Waals surface area contributed by atoms with E-state index in [4.69, 9.17) is 0 Å². The summed E-state index contributed by atoms with van der Waals surface area (Å²) in [6.45, 7) is 0. The molecule has 0 amide bonds. The van der Waals surface area contributed by atoms with E-state index in [1.54, 1.807) is 0 Å². The first-order valence-electron chi connectivity index (χ1n) is 2.32. The van der Waals surface area contributed by atoms with Crippen LogP contribution in [0.25, 0.3) is 0 Å². The van der Waals surface area contributed by atoms with Gasteiger partial charge in [0.2, 0.25) is 0 Å². The maximum atomic E-state index is 2.14. The van der Waals surface area contributed by atoms with E-state index in [0.29, 0.717) is 0 Å². The molecule has 0 fully saturated rings. The fourth-order valence-corrected chi connectivity index (χ4v) is 1.34. The molecule has 26 valence electrons. The van der Waals surface area contributed by atoms with Crippen molar-refractivity contribution in [3.8, 4) is 0 Å². The number of rotatable bonds is 0.